The quantitative estimate of drug-likeness (QED) is 0.288. The minimum absolute atomic E-state index is 0.00160. The van der Waals surface area contributed by atoms with Crippen molar-refractivity contribution >= 4 is 33.4 Å². The number of unbranched alkanes of at least 4 members (excludes halogenated alkanes) is 1. The molecule has 1 saturated heterocycles. The first-order valence-electron chi connectivity index (χ1n) is 13.6. The highest BCUT2D eigenvalue weighted by Gasteiger charge is 2.31. The van der Waals surface area contributed by atoms with Crippen LogP contribution in [0.25, 0.3) is 21.5 Å². The highest BCUT2D eigenvalue weighted by Crippen LogP contribution is 2.23. The van der Waals surface area contributed by atoms with E-state index in [0.29, 0.717) is 31.7 Å². The monoisotopic (exact) mass is 508 g/mol. The van der Waals surface area contributed by atoms with Crippen LogP contribution in [-0.2, 0) is 11.3 Å². The zero-order valence-electron chi connectivity index (χ0n) is 21.7. The number of nitrogens with one attached hydrogen (secondary N) is 2. The van der Waals surface area contributed by atoms with Crippen LogP contribution in [0.15, 0.2) is 84.9 Å². The topological polar surface area (TPSA) is 87.5 Å². The number of carbonyl (C=O) groups is 2. The summed E-state index contributed by atoms with van der Waals surface area (Å²) in [6, 6.07) is 28.0. The summed E-state index contributed by atoms with van der Waals surface area (Å²) in [5.74, 6) is 0.0318. The Labute approximate surface area is 224 Å². The molecule has 0 bridgehead atoms. The molecule has 1 heterocycles. The van der Waals surface area contributed by atoms with Crippen LogP contribution in [0.3, 0.4) is 0 Å². The number of hydrogen-bond acceptors (Lipinski definition) is 4. The van der Waals surface area contributed by atoms with Crippen molar-refractivity contribution in [3.05, 3.63) is 96.1 Å². The Kier molecular flexibility index (Phi) is 8.31. The molecule has 0 radical (unpaired) electrons. The van der Waals surface area contributed by atoms with Crippen LogP contribution >= 0.6 is 0 Å². The lowest BCUT2D eigenvalue weighted by Crippen LogP contribution is -2.48. The first-order valence-corrected chi connectivity index (χ1v) is 13.6. The second-order valence-electron chi connectivity index (χ2n) is 10.1. The third-order valence-electron chi connectivity index (χ3n) is 7.53. The standard InChI is InChI=1S/C32H36N4O2/c33-19-6-5-17-30-32(38)36(22-25-13-7-11-23-9-1-3-14-27(23)25)20-18-26(35-30)21-34-31(37)29-16-8-12-24-10-2-4-15-28(24)29/h1-4,7-16,26,30,35H,5-6,17-22,33H2,(H,34,37). The third kappa shape index (κ3) is 5.87. The molecule has 1 aliphatic rings. The van der Waals surface area contributed by atoms with E-state index in [-0.39, 0.29) is 23.9 Å². The van der Waals surface area contributed by atoms with Crippen LogP contribution in [0.2, 0.25) is 0 Å². The number of amides is 2. The molecule has 1 aliphatic heterocycles. The lowest BCUT2D eigenvalue weighted by Gasteiger charge is -2.25. The first-order chi connectivity index (χ1) is 18.6. The maximum atomic E-state index is 13.7. The van der Waals surface area contributed by atoms with E-state index in [4.69, 9.17) is 5.73 Å². The van der Waals surface area contributed by atoms with E-state index >= 15 is 0 Å². The lowest BCUT2D eigenvalue weighted by atomic mass is 10.0. The molecule has 2 amide bonds. The molecule has 2 unspecified atom stereocenters. The van der Waals surface area contributed by atoms with E-state index in [2.05, 4.69) is 41.0 Å². The number of nitrogens with two attached hydrogens (primary N) is 1. The van der Waals surface area contributed by atoms with Gasteiger partial charge in [-0.15, -0.1) is 0 Å². The molecule has 0 spiro atoms. The predicted octanol–water partition coefficient (Wildman–Crippen LogP) is 4.61. The van der Waals surface area contributed by atoms with Crippen molar-refractivity contribution in [1.82, 2.24) is 15.5 Å². The van der Waals surface area contributed by atoms with Crippen molar-refractivity contribution in [2.45, 2.75) is 44.3 Å². The van der Waals surface area contributed by atoms with E-state index in [9.17, 15) is 9.59 Å². The van der Waals surface area contributed by atoms with Gasteiger partial charge in [0.25, 0.3) is 5.91 Å². The van der Waals surface area contributed by atoms with Crippen LogP contribution in [0.1, 0.15) is 41.6 Å². The van der Waals surface area contributed by atoms with Gasteiger partial charge in [-0.2, -0.15) is 0 Å². The zero-order chi connectivity index (χ0) is 26.3. The van der Waals surface area contributed by atoms with E-state index in [1.807, 2.05) is 59.5 Å². The maximum absolute atomic E-state index is 13.7. The average molecular weight is 509 g/mol. The highest BCUT2D eigenvalue weighted by atomic mass is 16.2. The van der Waals surface area contributed by atoms with Gasteiger partial charge in [-0.1, -0.05) is 85.3 Å². The summed E-state index contributed by atoms with van der Waals surface area (Å²) in [4.78, 5) is 28.8. The molecule has 6 heteroatoms. The van der Waals surface area contributed by atoms with Gasteiger partial charge in [-0.05, 0) is 59.0 Å². The molecule has 0 saturated carbocycles. The zero-order valence-corrected chi connectivity index (χ0v) is 21.7. The van der Waals surface area contributed by atoms with Crippen molar-refractivity contribution in [2.75, 3.05) is 19.6 Å². The van der Waals surface area contributed by atoms with Gasteiger partial charge in [0.05, 0.1) is 6.04 Å². The van der Waals surface area contributed by atoms with Gasteiger partial charge in [0.1, 0.15) is 0 Å². The number of nitrogens with zero attached hydrogens (tertiary/aromatic N) is 1. The smallest absolute Gasteiger partial charge is 0.251 e. The first kappa shape index (κ1) is 25.9. The summed E-state index contributed by atoms with van der Waals surface area (Å²) >= 11 is 0. The second-order valence-corrected chi connectivity index (χ2v) is 10.1. The van der Waals surface area contributed by atoms with E-state index in [1.54, 1.807) is 0 Å². The van der Waals surface area contributed by atoms with E-state index in [1.165, 1.54) is 10.8 Å². The molecule has 38 heavy (non-hydrogen) atoms. The van der Waals surface area contributed by atoms with Crippen LogP contribution in [0.4, 0.5) is 0 Å². The molecule has 196 valence electrons. The predicted molar refractivity (Wildman–Crippen MR) is 154 cm³/mol. The Morgan fingerprint density at radius 2 is 1.58 bits per heavy atom. The van der Waals surface area contributed by atoms with Crippen molar-refractivity contribution in [3.63, 3.8) is 0 Å². The molecule has 1 fully saturated rings. The summed E-state index contributed by atoms with van der Waals surface area (Å²) in [6.45, 7) is 2.29. The lowest BCUT2D eigenvalue weighted by molar-refractivity contribution is -0.133. The van der Waals surface area contributed by atoms with Crippen LogP contribution in [0, 0.1) is 0 Å². The second kappa shape index (κ2) is 12.2. The van der Waals surface area contributed by atoms with Crippen molar-refractivity contribution in [3.8, 4) is 0 Å². The van der Waals surface area contributed by atoms with Gasteiger partial charge >= 0.3 is 0 Å². The van der Waals surface area contributed by atoms with Crippen LogP contribution in [-0.4, -0.2) is 48.4 Å². The molecule has 5 rings (SSSR count). The fraction of sp³-hybridized carbons (Fsp3) is 0.312. The van der Waals surface area contributed by atoms with E-state index < -0.39 is 0 Å². The number of carbonyl (C=O) groups excluding carboxylic acids is 2. The molecule has 0 aliphatic carbocycles. The number of hydrogen-bond donors (Lipinski definition) is 3. The van der Waals surface area contributed by atoms with Gasteiger partial charge < -0.3 is 21.3 Å². The molecular formula is C32H36N4O2. The summed E-state index contributed by atoms with van der Waals surface area (Å²) in [5, 5.41) is 11.0. The Morgan fingerprint density at radius 1 is 0.895 bits per heavy atom. The number of rotatable bonds is 9. The summed E-state index contributed by atoms with van der Waals surface area (Å²) in [6.07, 6.45) is 3.27. The maximum Gasteiger partial charge on any atom is 0.251 e. The van der Waals surface area contributed by atoms with E-state index in [0.717, 1.165) is 42.0 Å². The van der Waals surface area contributed by atoms with Crippen molar-refractivity contribution in [1.29, 1.82) is 0 Å². The van der Waals surface area contributed by atoms with Gasteiger partial charge in [0, 0.05) is 31.2 Å². The Hall–Kier alpha value is -3.74. The van der Waals surface area contributed by atoms with Gasteiger partial charge in [0.2, 0.25) is 5.91 Å². The fourth-order valence-corrected chi connectivity index (χ4v) is 5.47. The van der Waals surface area contributed by atoms with Gasteiger partial charge in [-0.25, -0.2) is 0 Å². The number of benzene rings is 4. The minimum atomic E-state index is -0.293. The van der Waals surface area contributed by atoms with Crippen LogP contribution in [0.5, 0.6) is 0 Å². The largest absolute Gasteiger partial charge is 0.350 e. The summed E-state index contributed by atoms with van der Waals surface area (Å²) in [7, 11) is 0. The number of fused-ring (bicyclic) bond motifs is 2. The molecule has 6 nitrogen and oxygen atoms in total. The fourth-order valence-electron chi connectivity index (χ4n) is 5.47. The molecule has 4 aromatic rings. The Bertz CT molecular complexity index is 1410. The molecule has 2 atom stereocenters. The average Bonchev–Trinajstić information content (AvgIpc) is 3.10. The van der Waals surface area contributed by atoms with Crippen LogP contribution < -0.4 is 16.4 Å². The normalized spacial score (nSPS) is 18.0. The third-order valence-corrected chi connectivity index (χ3v) is 7.53. The molecular weight excluding hydrogens is 472 g/mol. The van der Waals surface area contributed by atoms with Crippen molar-refractivity contribution < 1.29 is 9.59 Å². The molecule has 4 N–H and O–H groups in total. The highest BCUT2D eigenvalue weighted by molar-refractivity contribution is 6.07. The van der Waals surface area contributed by atoms with Gasteiger partial charge in [-0.3, -0.25) is 9.59 Å². The molecule has 4 aromatic carbocycles. The van der Waals surface area contributed by atoms with Crippen molar-refractivity contribution in [2.24, 2.45) is 5.73 Å². The molecule has 0 aromatic heterocycles. The van der Waals surface area contributed by atoms with Gasteiger partial charge in [0.15, 0.2) is 0 Å². The summed E-state index contributed by atoms with van der Waals surface area (Å²) in [5.41, 5.74) is 7.56. The summed E-state index contributed by atoms with van der Waals surface area (Å²) < 4.78 is 0. The SMILES string of the molecule is NCCCCC1NC(CNC(=O)c2cccc3ccccc23)CCN(Cc2cccc3ccccc23)C1=O. The minimum Gasteiger partial charge on any atom is -0.350 e. The Morgan fingerprint density at radius 3 is 2.37 bits per heavy atom. The Balaban J connectivity index is 1.30.